The normalized spacial score (nSPS) is 29.0. The molecule has 1 aromatic rings. The van der Waals surface area contributed by atoms with E-state index < -0.39 is 10.0 Å². The van der Waals surface area contributed by atoms with Crippen LogP contribution >= 0.6 is 0 Å². The van der Waals surface area contributed by atoms with Crippen LogP contribution in [0.5, 0.6) is 0 Å². The first kappa shape index (κ1) is 15.3. The summed E-state index contributed by atoms with van der Waals surface area (Å²) in [5.74, 6) is -0.374. The van der Waals surface area contributed by atoms with Gasteiger partial charge in [-0.1, -0.05) is 0 Å². The number of aromatic nitrogens is 2. The van der Waals surface area contributed by atoms with Crippen LogP contribution in [0.25, 0.3) is 0 Å². The van der Waals surface area contributed by atoms with E-state index in [1.165, 1.54) is 29.2 Å². The summed E-state index contributed by atoms with van der Waals surface area (Å²) < 4.78 is 31.0. The molecule has 120 valence electrons. The Morgan fingerprint density at radius 2 is 2.27 bits per heavy atom. The molecule has 0 aromatic carbocycles. The topological polar surface area (TPSA) is 101 Å². The van der Waals surface area contributed by atoms with Gasteiger partial charge in [-0.05, 0) is 12.8 Å². The number of ether oxygens (including phenoxy) is 1. The Hall–Kier alpha value is -1.58. The quantitative estimate of drug-likeness (QED) is 0.796. The minimum absolute atomic E-state index is 0.202. The lowest BCUT2D eigenvalue weighted by Crippen LogP contribution is -2.47. The first-order valence-electron chi connectivity index (χ1n) is 7.12. The van der Waals surface area contributed by atoms with E-state index >= 15 is 0 Å². The smallest absolute Gasteiger partial charge is 0.271 e. The lowest BCUT2D eigenvalue weighted by Gasteiger charge is -2.31. The van der Waals surface area contributed by atoms with E-state index in [4.69, 9.17) is 4.74 Å². The Labute approximate surface area is 128 Å². The van der Waals surface area contributed by atoms with Crippen LogP contribution in [-0.4, -0.2) is 66.2 Å². The van der Waals surface area contributed by atoms with Crippen molar-refractivity contribution in [2.24, 2.45) is 0 Å². The van der Waals surface area contributed by atoms with Crippen LogP contribution in [0.1, 0.15) is 23.3 Å². The molecule has 2 fully saturated rings. The summed E-state index contributed by atoms with van der Waals surface area (Å²) in [4.78, 5) is 20.0. The SMILES string of the molecule is CS(=O)(=O)N1C[C@@H](NC(=O)c2cnccn2)[C@@H]2OCCC[C@@H]21. The molecule has 3 atom stereocenters. The Balaban J connectivity index is 1.77. The Kier molecular flexibility index (Phi) is 4.11. The summed E-state index contributed by atoms with van der Waals surface area (Å²) in [6.45, 7) is 0.802. The van der Waals surface area contributed by atoms with Crippen molar-refractivity contribution in [1.82, 2.24) is 19.6 Å². The summed E-state index contributed by atoms with van der Waals surface area (Å²) in [6.07, 6.45) is 6.73. The van der Waals surface area contributed by atoms with Crippen LogP contribution in [0, 0.1) is 0 Å². The Morgan fingerprint density at radius 3 is 2.95 bits per heavy atom. The lowest BCUT2D eigenvalue weighted by atomic mass is 10.0. The maximum atomic E-state index is 12.2. The van der Waals surface area contributed by atoms with Gasteiger partial charge in [0, 0.05) is 25.5 Å². The summed E-state index contributed by atoms with van der Waals surface area (Å²) in [5, 5.41) is 2.82. The number of amides is 1. The fourth-order valence-corrected chi connectivity index (χ4v) is 4.23. The van der Waals surface area contributed by atoms with Crippen LogP contribution in [-0.2, 0) is 14.8 Å². The van der Waals surface area contributed by atoms with Crippen molar-refractivity contribution in [3.05, 3.63) is 24.3 Å². The van der Waals surface area contributed by atoms with Crippen molar-refractivity contribution < 1.29 is 17.9 Å². The predicted octanol–water partition coefficient (Wildman–Crippen LogP) is -0.602. The van der Waals surface area contributed by atoms with Gasteiger partial charge in [-0.3, -0.25) is 9.78 Å². The number of fused-ring (bicyclic) bond motifs is 1. The summed E-state index contributed by atoms with van der Waals surface area (Å²) in [6, 6.07) is -0.592. The molecule has 3 rings (SSSR count). The van der Waals surface area contributed by atoms with Gasteiger partial charge in [-0.15, -0.1) is 0 Å². The molecule has 22 heavy (non-hydrogen) atoms. The third kappa shape index (κ3) is 2.96. The molecule has 0 aliphatic carbocycles. The van der Waals surface area contributed by atoms with Gasteiger partial charge >= 0.3 is 0 Å². The van der Waals surface area contributed by atoms with Gasteiger partial charge in [0.25, 0.3) is 5.91 Å². The molecule has 2 aliphatic rings. The number of carbonyl (C=O) groups excluding carboxylic acids is 1. The minimum atomic E-state index is -3.33. The zero-order valence-corrected chi connectivity index (χ0v) is 13.0. The number of nitrogens with one attached hydrogen (secondary N) is 1. The molecule has 0 saturated carbocycles. The molecule has 0 unspecified atom stereocenters. The molecule has 3 heterocycles. The molecule has 2 aliphatic heterocycles. The summed E-state index contributed by atoms with van der Waals surface area (Å²) >= 11 is 0. The second-order valence-electron chi connectivity index (χ2n) is 5.55. The van der Waals surface area contributed by atoms with Crippen molar-refractivity contribution in [2.75, 3.05) is 19.4 Å². The van der Waals surface area contributed by atoms with Crippen LogP contribution in [0.2, 0.25) is 0 Å². The van der Waals surface area contributed by atoms with Crippen molar-refractivity contribution >= 4 is 15.9 Å². The van der Waals surface area contributed by atoms with Gasteiger partial charge < -0.3 is 10.1 Å². The molecule has 8 nitrogen and oxygen atoms in total. The third-order valence-electron chi connectivity index (χ3n) is 4.02. The first-order chi connectivity index (χ1) is 10.5. The highest BCUT2D eigenvalue weighted by molar-refractivity contribution is 7.88. The second-order valence-corrected chi connectivity index (χ2v) is 7.48. The number of hydrogen-bond donors (Lipinski definition) is 1. The van der Waals surface area contributed by atoms with Crippen molar-refractivity contribution in [3.63, 3.8) is 0 Å². The van der Waals surface area contributed by atoms with E-state index in [0.717, 1.165) is 12.8 Å². The van der Waals surface area contributed by atoms with Crippen LogP contribution in [0.3, 0.4) is 0 Å². The summed E-state index contributed by atoms with van der Waals surface area (Å²) in [7, 11) is -3.33. The van der Waals surface area contributed by atoms with Gasteiger partial charge in [-0.2, -0.15) is 4.31 Å². The van der Waals surface area contributed by atoms with Gasteiger partial charge in [0.05, 0.1) is 30.6 Å². The number of hydrogen-bond acceptors (Lipinski definition) is 6. The second kappa shape index (κ2) is 5.90. The molecular formula is C13H18N4O4S. The van der Waals surface area contributed by atoms with Crippen LogP contribution in [0.15, 0.2) is 18.6 Å². The van der Waals surface area contributed by atoms with E-state index in [0.29, 0.717) is 6.61 Å². The molecule has 1 amide bonds. The molecule has 2 saturated heterocycles. The maximum absolute atomic E-state index is 12.2. The molecular weight excluding hydrogens is 308 g/mol. The molecule has 1 N–H and O–H groups in total. The predicted molar refractivity (Wildman–Crippen MR) is 77.6 cm³/mol. The van der Waals surface area contributed by atoms with Gasteiger partial charge in [0.1, 0.15) is 5.69 Å². The standard InChI is InChI=1S/C13H18N4O4S/c1-22(19,20)17-8-10(12-11(17)3-2-6-21-12)16-13(18)9-7-14-4-5-15-9/h4-5,7,10-12H,2-3,6,8H2,1H3,(H,16,18)/t10-,11+,12+/m1/s1. The van der Waals surface area contributed by atoms with E-state index in [2.05, 4.69) is 15.3 Å². The monoisotopic (exact) mass is 326 g/mol. The zero-order valence-electron chi connectivity index (χ0n) is 12.2. The van der Waals surface area contributed by atoms with E-state index in [-0.39, 0.29) is 36.3 Å². The first-order valence-corrected chi connectivity index (χ1v) is 8.97. The summed E-state index contributed by atoms with van der Waals surface area (Å²) in [5.41, 5.74) is 0.202. The number of rotatable bonds is 3. The average molecular weight is 326 g/mol. The van der Waals surface area contributed by atoms with Gasteiger partial charge in [0.15, 0.2) is 0 Å². The molecule has 9 heteroatoms. The Morgan fingerprint density at radius 1 is 1.45 bits per heavy atom. The fraction of sp³-hybridized carbons (Fsp3) is 0.615. The minimum Gasteiger partial charge on any atom is -0.374 e. The van der Waals surface area contributed by atoms with E-state index in [9.17, 15) is 13.2 Å². The van der Waals surface area contributed by atoms with E-state index in [1.807, 2.05) is 0 Å². The molecule has 0 bridgehead atoms. The van der Waals surface area contributed by atoms with Crippen molar-refractivity contribution in [2.45, 2.75) is 31.0 Å². The highest BCUT2D eigenvalue weighted by Gasteiger charge is 2.48. The molecule has 0 spiro atoms. The molecule has 1 aromatic heterocycles. The highest BCUT2D eigenvalue weighted by Crippen LogP contribution is 2.30. The number of carbonyl (C=O) groups is 1. The Bertz CT molecular complexity index is 651. The fourth-order valence-electron chi connectivity index (χ4n) is 3.08. The van der Waals surface area contributed by atoms with Crippen LogP contribution in [0.4, 0.5) is 0 Å². The number of sulfonamides is 1. The maximum Gasteiger partial charge on any atom is 0.271 e. The number of nitrogens with zero attached hydrogens (tertiary/aromatic N) is 3. The van der Waals surface area contributed by atoms with Gasteiger partial charge in [0.2, 0.25) is 10.0 Å². The average Bonchev–Trinajstić information content (AvgIpc) is 2.87. The van der Waals surface area contributed by atoms with Crippen LogP contribution < -0.4 is 5.32 Å². The highest BCUT2D eigenvalue weighted by atomic mass is 32.2. The lowest BCUT2D eigenvalue weighted by molar-refractivity contribution is -0.0103. The van der Waals surface area contributed by atoms with E-state index in [1.54, 1.807) is 0 Å². The van der Waals surface area contributed by atoms with Crippen molar-refractivity contribution in [3.8, 4) is 0 Å². The zero-order chi connectivity index (χ0) is 15.7. The van der Waals surface area contributed by atoms with Gasteiger partial charge in [-0.25, -0.2) is 13.4 Å². The third-order valence-corrected chi connectivity index (χ3v) is 5.29. The largest absolute Gasteiger partial charge is 0.374 e. The van der Waals surface area contributed by atoms with Crippen molar-refractivity contribution in [1.29, 1.82) is 0 Å². The molecule has 0 radical (unpaired) electrons.